The summed E-state index contributed by atoms with van der Waals surface area (Å²) in [6.07, 6.45) is 6.33. The van der Waals surface area contributed by atoms with E-state index in [0.29, 0.717) is 24.6 Å². The number of hydrogen-bond acceptors (Lipinski definition) is 2. The molecule has 1 aliphatic carbocycles. The van der Waals surface area contributed by atoms with Crippen LogP contribution in [0.1, 0.15) is 36.8 Å². The minimum atomic E-state index is -3.77. The van der Waals surface area contributed by atoms with E-state index >= 15 is 0 Å². The van der Waals surface area contributed by atoms with E-state index in [-0.39, 0.29) is 4.90 Å². The zero-order valence-corrected chi connectivity index (χ0v) is 15.9. The van der Waals surface area contributed by atoms with Gasteiger partial charge in [-0.2, -0.15) is 4.31 Å². The van der Waals surface area contributed by atoms with Crippen LogP contribution in [0.25, 0.3) is 0 Å². The molecule has 0 N–H and O–H groups in total. The lowest BCUT2D eigenvalue weighted by atomic mass is 9.89. The maximum absolute atomic E-state index is 13.7. The number of hydrogen-bond donors (Lipinski definition) is 0. The van der Waals surface area contributed by atoms with Crippen molar-refractivity contribution in [2.75, 3.05) is 6.54 Å². The largest absolute Gasteiger partial charge is 0.243 e. The fourth-order valence-corrected chi connectivity index (χ4v) is 5.23. The minimum absolute atomic E-state index is 0.0656. The third-order valence-electron chi connectivity index (χ3n) is 4.99. The first-order chi connectivity index (χ1) is 12.5. The summed E-state index contributed by atoms with van der Waals surface area (Å²) in [5.41, 5.74) is 1.51. The van der Waals surface area contributed by atoms with Crippen molar-refractivity contribution < 1.29 is 12.8 Å². The molecule has 0 bridgehead atoms. The number of aryl methyl sites for hydroxylation is 1. The van der Waals surface area contributed by atoms with Crippen molar-refractivity contribution in [3.05, 3.63) is 71.9 Å². The average molecular weight is 375 g/mol. The van der Waals surface area contributed by atoms with Gasteiger partial charge in [-0.25, -0.2) is 12.8 Å². The van der Waals surface area contributed by atoms with E-state index in [2.05, 4.69) is 6.42 Å². The van der Waals surface area contributed by atoms with Gasteiger partial charge in [-0.05, 0) is 68.2 Å². The molecule has 1 saturated carbocycles. The van der Waals surface area contributed by atoms with E-state index in [1.165, 1.54) is 16.4 Å². The number of benzene rings is 2. The van der Waals surface area contributed by atoms with Gasteiger partial charge in [-0.1, -0.05) is 36.4 Å². The molecule has 2 aromatic carbocycles. The zero-order valence-electron chi connectivity index (χ0n) is 15.1. The van der Waals surface area contributed by atoms with Crippen LogP contribution in [0.4, 0.5) is 4.39 Å². The standard InChI is InChI=1S/C21H25FNO2S/c1-17-12-13-20(22)14-21(17)26(24,25)23(15-18-8-4-2-5-9-18)16-19-10-6-3-7-11-19/h2-5,8-9,12-14,19H,6-7,10-11,15-16H2,1H3. The van der Waals surface area contributed by atoms with E-state index in [9.17, 15) is 12.8 Å². The van der Waals surface area contributed by atoms with Gasteiger partial charge in [0.2, 0.25) is 10.0 Å². The topological polar surface area (TPSA) is 37.4 Å². The minimum Gasteiger partial charge on any atom is -0.207 e. The Balaban J connectivity index is 1.93. The van der Waals surface area contributed by atoms with Crippen LogP contribution in [0.3, 0.4) is 0 Å². The van der Waals surface area contributed by atoms with E-state index < -0.39 is 15.8 Å². The van der Waals surface area contributed by atoms with Gasteiger partial charge in [-0.3, -0.25) is 0 Å². The fourth-order valence-electron chi connectivity index (χ4n) is 3.49. The molecule has 2 aromatic rings. The molecule has 0 amide bonds. The molecular formula is C21H25FNO2S. The van der Waals surface area contributed by atoms with Crippen LogP contribution in [0, 0.1) is 25.1 Å². The van der Waals surface area contributed by atoms with Crippen molar-refractivity contribution in [1.29, 1.82) is 0 Å². The molecule has 139 valence electrons. The molecule has 1 fully saturated rings. The van der Waals surface area contributed by atoms with Crippen LogP contribution < -0.4 is 0 Å². The second-order valence-corrected chi connectivity index (χ2v) is 8.91. The highest BCUT2D eigenvalue weighted by molar-refractivity contribution is 7.89. The van der Waals surface area contributed by atoms with Crippen LogP contribution in [0.5, 0.6) is 0 Å². The number of rotatable bonds is 6. The van der Waals surface area contributed by atoms with Gasteiger partial charge in [0.25, 0.3) is 0 Å². The van der Waals surface area contributed by atoms with Gasteiger partial charge < -0.3 is 0 Å². The van der Waals surface area contributed by atoms with Gasteiger partial charge in [0, 0.05) is 13.1 Å². The third-order valence-corrected chi connectivity index (χ3v) is 6.94. The molecule has 0 unspecified atom stereocenters. The van der Waals surface area contributed by atoms with Crippen LogP contribution >= 0.6 is 0 Å². The Morgan fingerprint density at radius 2 is 1.77 bits per heavy atom. The first kappa shape index (κ1) is 19.1. The summed E-state index contributed by atoms with van der Waals surface area (Å²) in [5.74, 6) is -0.187. The highest BCUT2D eigenvalue weighted by Crippen LogP contribution is 2.28. The maximum Gasteiger partial charge on any atom is 0.243 e. The molecule has 0 aliphatic heterocycles. The lowest BCUT2D eigenvalue weighted by Gasteiger charge is -2.29. The van der Waals surface area contributed by atoms with Crippen molar-refractivity contribution in [2.24, 2.45) is 5.92 Å². The van der Waals surface area contributed by atoms with E-state index in [1.807, 2.05) is 30.3 Å². The number of sulfonamides is 1. The van der Waals surface area contributed by atoms with Gasteiger partial charge in [0.05, 0.1) is 4.90 Å². The Labute approximate surface area is 155 Å². The van der Waals surface area contributed by atoms with Crippen molar-refractivity contribution >= 4 is 10.0 Å². The van der Waals surface area contributed by atoms with Crippen molar-refractivity contribution in [3.63, 3.8) is 0 Å². The Bertz CT molecular complexity index is 830. The van der Waals surface area contributed by atoms with Gasteiger partial charge in [0.15, 0.2) is 0 Å². The Kier molecular flexibility index (Phi) is 6.09. The Morgan fingerprint density at radius 1 is 1.08 bits per heavy atom. The molecule has 3 rings (SSSR count). The molecule has 0 heterocycles. The molecule has 0 atom stereocenters. The summed E-state index contributed by atoms with van der Waals surface area (Å²) in [5, 5.41) is 0. The monoisotopic (exact) mass is 374 g/mol. The molecule has 5 heteroatoms. The van der Waals surface area contributed by atoms with Crippen molar-refractivity contribution in [2.45, 2.75) is 44.0 Å². The smallest absolute Gasteiger partial charge is 0.207 e. The van der Waals surface area contributed by atoms with E-state index in [0.717, 1.165) is 37.3 Å². The zero-order chi connectivity index (χ0) is 18.6. The molecule has 26 heavy (non-hydrogen) atoms. The molecule has 3 nitrogen and oxygen atoms in total. The van der Waals surface area contributed by atoms with Crippen LogP contribution in [-0.4, -0.2) is 19.3 Å². The van der Waals surface area contributed by atoms with E-state index in [4.69, 9.17) is 0 Å². The molecule has 1 aliphatic rings. The van der Waals surface area contributed by atoms with Gasteiger partial charge >= 0.3 is 0 Å². The molecule has 1 radical (unpaired) electrons. The molecule has 0 saturated heterocycles. The predicted octanol–water partition coefficient (Wildman–Crippen LogP) is 4.72. The van der Waals surface area contributed by atoms with E-state index in [1.54, 1.807) is 6.92 Å². The lowest BCUT2D eigenvalue weighted by Crippen LogP contribution is -2.36. The van der Waals surface area contributed by atoms with Crippen LogP contribution in [0.2, 0.25) is 0 Å². The summed E-state index contributed by atoms with van der Waals surface area (Å²) >= 11 is 0. The predicted molar refractivity (Wildman–Crippen MR) is 101 cm³/mol. The fraction of sp³-hybridized carbons (Fsp3) is 0.381. The maximum atomic E-state index is 13.7. The molecule has 0 aromatic heterocycles. The second-order valence-electron chi connectivity index (χ2n) is 7.00. The van der Waals surface area contributed by atoms with Crippen LogP contribution in [0.15, 0.2) is 53.4 Å². The lowest BCUT2D eigenvalue weighted by molar-refractivity contribution is 0.294. The highest BCUT2D eigenvalue weighted by atomic mass is 32.2. The SMILES string of the molecule is Cc1ccc(F)cc1S(=O)(=O)N(Cc1ccccc1)CC1CC[CH]CC1. The third kappa shape index (κ3) is 4.51. The van der Waals surface area contributed by atoms with Crippen LogP contribution in [-0.2, 0) is 16.6 Å². The first-order valence-electron chi connectivity index (χ1n) is 9.08. The van der Waals surface area contributed by atoms with Gasteiger partial charge in [0.1, 0.15) is 5.82 Å². The first-order valence-corrected chi connectivity index (χ1v) is 10.5. The summed E-state index contributed by atoms with van der Waals surface area (Å²) in [6.45, 7) is 2.49. The Hall–Kier alpha value is -1.72. The second kappa shape index (κ2) is 8.31. The van der Waals surface area contributed by atoms with Gasteiger partial charge in [-0.15, -0.1) is 0 Å². The average Bonchev–Trinajstić information content (AvgIpc) is 2.65. The highest BCUT2D eigenvalue weighted by Gasteiger charge is 2.29. The summed E-state index contributed by atoms with van der Waals surface area (Å²) in [6, 6.07) is 13.5. The molecular weight excluding hydrogens is 349 g/mol. The van der Waals surface area contributed by atoms with Crippen molar-refractivity contribution in [3.8, 4) is 0 Å². The quantitative estimate of drug-likeness (QED) is 0.734. The summed E-state index contributed by atoms with van der Waals surface area (Å²) < 4.78 is 41.9. The molecule has 0 spiro atoms. The summed E-state index contributed by atoms with van der Waals surface area (Å²) in [4.78, 5) is 0.0656. The summed E-state index contributed by atoms with van der Waals surface area (Å²) in [7, 11) is -3.77. The van der Waals surface area contributed by atoms with Crippen molar-refractivity contribution in [1.82, 2.24) is 4.31 Å². The Morgan fingerprint density at radius 3 is 2.46 bits per heavy atom. The number of nitrogens with zero attached hydrogens (tertiary/aromatic N) is 1. The number of halogens is 1. The normalized spacial score (nSPS) is 16.1.